The van der Waals surface area contributed by atoms with Crippen LogP contribution in [0.5, 0.6) is 0 Å². The third-order valence-corrected chi connectivity index (χ3v) is 5.15. The van der Waals surface area contributed by atoms with Crippen LogP contribution in [0.25, 0.3) is 11.3 Å². The number of benzene rings is 1. The molecular weight excluding hydrogens is 312 g/mol. The Labute approximate surface area is 138 Å². The molecule has 0 fully saturated rings. The Hall–Kier alpha value is -2.15. The van der Waals surface area contributed by atoms with E-state index >= 15 is 0 Å². The summed E-state index contributed by atoms with van der Waals surface area (Å²) >= 11 is 0. The molecule has 1 aromatic heterocycles. The number of aromatic amines is 1. The highest BCUT2D eigenvalue weighted by Crippen LogP contribution is 2.18. The van der Waals surface area contributed by atoms with Crippen molar-refractivity contribution in [2.45, 2.75) is 25.5 Å². The lowest BCUT2D eigenvalue weighted by Crippen LogP contribution is -2.35. The third kappa shape index (κ3) is 5.21. The van der Waals surface area contributed by atoms with E-state index in [0.717, 1.165) is 11.3 Å². The van der Waals surface area contributed by atoms with Gasteiger partial charge in [-0.3, -0.25) is 9.31 Å². The molecule has 2 aromatic rings. The average Bonchev–Trinajstić information content (AvgIpc) is 3.01. The van der Waals surface area contributed by atoms with Crippen molar-refractivity contribution >= 4 is 22.5 Å². The first-order chi connectivity index (χ1) is 10.9. The standard InChI is InChI=1S/C16H22N4O2S/c1-16(2,3)23(22)11-10-17-15(21)19-13-6-4-12(5-7-13)14-8-9-18-20-14/h4-9H,10-11H2,1-3H3,(H,18,20)(H2,17,19,21). The highest BCUT2D eigenvalue weighted by atomic mass is 32.2. The van der Waals surface area contributed by atoms with Crippen LogP contribution >= 0.6 is 0 Å². The number of urea groups is 1. The summed E-state index contributed by atoms with van der Waals surface area (Å²) in [6.07, 6.45) is 1.69. The molecule has 7 heteroatoms. The third-order valence-electron chi connectivity index (χ3n) is 3.21. The summed E-state index contributed by atoms with van der Waals surface area (Å²) in [5, 5.41) is 12.3. The number of rotatable bonds is 5. The number of amides is 2. The van der Waals surface area contributed by atoms with Crippen molar-refractivity contribution in [3.8, 4) is 11.3 Å². The minimum absolute atomic E-state index is 0.263. The molecule has 0 bridgehead atoms. The molecule has 0 aliphatic carbocycles. The van der Waals surface area contributed by atoms with Crippen molar-refractivity contribution in [3.05, 3.63) is 36.5 Å². The summed E-state index contributed by atoms with van der Waals surface area (Å²) in [5.41, 5.74) is 2.61. The van der Waals surface area contributed by atoms with E-state index in [-0.39, 0.29) is 10.8 Å². The van der Waals surface area contributed by atoms with Crippen molar-refractivity contribution in [2.75, 3.05) is 17.6 Å². The van der Waals surface area contributed by atoms with E-state index in [0.29, 0.717) is 18.0 Å². The molecule has 124 valence electrons. The topological polar surface area (TPSA) is 86.9 Å². The average molecular weight is 334 g/mol. The SMILES string of the molecule is CC(C)(C)S(=O)CCNC(=O)Nc1ccc(-c2ccn[nH]2)cc1. The van der Waals surface area contributed by atoms with Gasteiger partial charge in [-0.25, -0.2) is 4.79 Å². The molecule has 0 saturated heterocycles. The summed E-state index contributed by atoms with van der Waals surface area (Å²) in [4.78, 5) is 11.8. The first-order valence-corrected chi connectivity index (χ1v) is 8.71. The fourth-order valence-corrected chi connectivity index (χ4v) is 2.79. The maximum absolute atomic E-state index is 11.9. The molecule has 0 spiro atoms. The summed E-state index contributed by atoms with van der Waals surface area (Å²) < 4.78 is 11.6. The molecule has 2 amide bonds. The number of carbonyl (C=O) groups excluding carboxylic acids is 1. The zero-order chi connectivity index (χ0) is 16.9. The van der Waals surface area contributed by atoms with Crippen LogP contribution in [-0.4, -0.2) is 37.5 Å². The van der Waals surface area contributed by atoms with Gasteiger partial charge in [0, 0.05) is 39.7 Å². The van der Waals surface area contributed by atoms with E-state index < -0.39 is 10.8 Å². The molecule has 0 saturated carbocycles. The Morgan fingerprint density at radius 3 is 2.48 bits per heavy atom. The molecule has 6 nitrogen and oxygen atoms in total. The first-order valence-electron chi connectivity index (χ1n) is 7.39. The van der Waals surface area contributed by atoms with Gasteiger partial charge in [0.1, 0.15) is 0 Å². The molecule has 0 aliphatic rings. The molecule has 1 aromatic carbocycles. The molecular formula is C16H22N4O2S. The predicted molar refractivity (Wildman–Crippen MR) is 93.8 cm³/mol. The van der Waals surface area contributed by atoms with Crippen LogP contribution in [0.1, 0.15) is 20.8 Å². The number of hydrogen-bond donors (Lipinski definition) is 3. The lowest BCUT2D eigenvalue weighted by Gasteiger charge is -2.17. The van der Waals surface area contributed by atoms with Crippen LogP contribution in [0.4, 0.5) is 10.5 Å². The van der Waals surface area contributed by atoms with Gasteiger partial charge in [-0.2, -0.15) is 5.10 Å². The second kappa shape index (κ2) is 7.41. The molecule has 0 aliphatic heterocycles. The summed E-state index contributed by atoms with van der Waals surface area (Å²) in [5.74, 6) is 0.440. The van der Waals surface area contributed by atoms with Crippen LogP contribution in [0.15, 0.2) is 36.5 Å². The molecule has 1 heterocycles. The minimum Gasteiger partial charge on any atom is -0.337 e. The summed E-state index contributed by atoms with van der Waals surface area (Å²) in [7, 11) is -0.972. The fourth-order valence-electron chi connectivity index (χ4n) is 1.89. The van der Waals surface area contributed by atoms with Gasteiger partial charge in [0.25, 0.3) is 0 Å². The molecule has 0 radical (unpaired) electrons. The van der Waals surface area contributed by atoms with E-state index in [1.807, 2.05) is 51.1 Å². The van der Waals surface area contributed by atoms with E-state index in [4.69, 9.17) is 0 Å². The Morgan fingerprint density at radius 1 is 1.22 bits per heavy atom. The van der Waals surface area contributed by atoms with Crippen LogP contribution in [0, 0.1) is 0 Å². The van der Waals surface area contributed by atoms with Crippen LogP contribution in [0.2, 0.25) is 0 Å². The van der Waals surface area contributed by atoms with Crippen molar-refractivity contribution in [1.29, 1.82) is 0 Å². The van der Waals surface area contributed by atoms with E-state index in [9.17, 15) is 9.00 Å². The van der Waals surface area contributed by atoms with Gasteiger partial charge in [-0.05, 0) is 44.5 Å². The highest BCUT2D eigenvalue weighted by molar-refractivity contribution is 7.86. The lowest BCUT2D eigenvalue weighted by atomic mass is 10.1. The minimum atomic E-state index is -0.972. The predicted octanol–water partition coefficient (Wildman–Crippen LogP) is 2.75. The van der Waals surface area contributed by atoms with Gasteiger partial charge in [0.2, 0.25) is 0 Å². The summed E-state index contributed by atoms with van der Waals surface area (Å²) in [6.45, 7) is 6.14. The number of nitrogens with zero attached hydrogens (tertiary/aromatic N) is 1. The van der Waals surface area contributed by atoms with Crippen LogP contribution in [0.3, 0.4) is 0 Å². The van der Waals surface area contributed by atoms with E-state index in [2.05, 4.69) is 20.8 Å². The Bertz CT molecular complexity index is 660. The highest BCUT2D eigenvalue weighted by Gasteiger charge is 2.18. The normalized spacial score (nSPS) is 12.7. The lowest BCUT2D eigenvalue weighted by molar-refractivity contribution is 0.252. The maximum atomic E-state index is 11.9. The van der Waals surface area contributed by atoms with E-state index in [1.54, 1.807) is 6.20 Å². The molecule has 3 N–H and O–H groups in total. The second-order valence-electron chi connectivity index (χ2n) is 6.09. The molecule has 1 atom stereocenters. The zero-order valence-corrected chi connectivity index (χ0v) is 14.4. The van der Waals surface area contributed by atoms with Gasteiger partial charge in [0.05, 0.1) is 5.69 Å². The van der Waals surface area contributed by atoms with Gasteiger partial charge in [-0.15, -0.1) is 0 Å². The molecule has 2 rings (SSSR count). The van der Waals surface area contributed by atoms with Crippen LogP contribution < -0.4 is 10.6 Å². The maximum Gasteiger partial charge on any atom is 0.319 e. The van der Waals surface area contributed by atoms with Crippen LogP contribution in [-0.2, 0) is 10.8 Å². The van der Waals surface area contributed by atoms with E-state index in [1.165, 1.54) is 0 Å². The van der Waals surface area contributed by atoms with Crippen molar-refractivity contribution in [3.63, 3.8) is 0 Å². The van der Waals surface area contributed by atoms with Crippen molar-refractivity contribution < 1.29 is 9.00 Å². The number of hydrogen-bond acceptors (Lipinski definition) is 3. The van der Waals surface area contributed by atoms with Crippen molar-refractivity contribution in [1.82, 2.24) is 15.5 Å². The van der Waals surface area contributed by atoms with Gasteiger partial charge < -0.3 is 10.6 Å². The van der Waals surface area contributed by atoms with Gasteiger partial charge in [-0.1, -0.05) is 12.1 Å². The second-order valence-corrected chi connectivity index (χ2v) is 8.41. The zero-order valence-electron chi connectivity index (χ0n) is 13.6. The number of nitrogens with one attached hydrogen (secondary N) is 3. The Morgan fingerprint density at radius 2 is 1.91 bits per heavy atom. The first kappa shape index (κ1) is 17.2. The quantitative estimate of drug-likeness (QED) is 0.786. The Balaban J connectivity index is 1.80. The molecule has 1 unspecified atom stereocenters. The largest absolute Gasteiger partial charge is 0.337 e. The monoisotopic (exact) mass is 334 g/mol. The molecule has 23 heavy (non-hydrogen) atoms. The van der Waals surface area contributed by atoms with Gasteiger partial charge in [0.15, 0.2) is 0 Å². The summed E-state index contributed by atoms with van der Waals surface area (Å²) in [6, 6.07) is 9.02. The number of anilines is 1. The number of aromatic nitrogens is 2. The Kier molecular flexibility index (Phi) is 5.54. The number of H-pyrrole nitrogens is 1. The van der Waals surface area contributed by atoms with Crippen molar-refractivity contribution in [2.24, 2.45) is 0 Å². The number of carbonyl (C=O) groups is 1. The smallest absolute Gasteiger partial charge is 0.319 e. The fraction of sp³-hybridized carbons (Fsp3) is 0.375. The van der Waals surface area contributed by atoms with Gasteiger partial charge >= 0.3 is 6.03 Å².